The largest absolute Gasteiger partial charge is 0.464 e. The second kappa shape index (κ2) is 39.8. The zero-order valence-corrected chi connectivity index (χ0v) is 65.8. The van der Waals surface area contributed by atoms with Crippen LogP contribution in [-0.4, -0.2) is 212 Å². The predicted molar refractivity (Wildman–Crippen MR) is 412 cm³/mol. The normalized spacial score (nSPS) is 22.9. The molecule has 2 bridgehead atoms. The number of amides is 1. The summed E-state index contributed by atoms with van der Waals surface area (Å²) < 4.78 is 55.4. The number of nitrogens with zero attached hydrogens (tertiary/aromatic N) is 3. The molecule has 110 heavy (non-hydrogen) atoms. The molecule has 4 aliphatic rings. The number of rotatable bonds is 39. The predicted octanol–water partition coefficient (Wildman–Crippen LogP) is 10.3. The average molecular weight is 1600 g/mol. The van der Waals surface area contributed by atoms with E-state index in [2.05, 4.69) is 15.1 Å². The van der Waals surface area contributed by atoms with Crippen LogP contribution in [0.5, 0.6) is 0 Å². The minimum absolute atomic E-state index is 0.00432. The number of fused-ring (bicyclic) bond motifs is 5. The number of carbonyl (C=O) groups is 9. The van der Waals surface area contributed by atoms with Crippen molar-refractivity contribution in [3.05, 3.63) is 178 Å². The highest BCUT2D eigenvalue weighted by atomic mass is 35.5. The minimum atomic E-state index is -2.56. The number of ketones is 1. The number of aryl methyl sites for hydroxylation is 2. The molecule has 24 nitrogen and oxygen atoms in total. The van der Waals surface area contributed by atoms with Crippen LogP contribution >= 0.6 is 46.4 Å². The molecule has 1 aliphatic heterocycles. The van der Waals surface area contributed by atoms with Crippen molar-refractivity contribution in [1.29, 1.82) is 0 Å². The smallest absolute Gasteiger partial charge is 0.338 e. The summed E-state index contributed by atoms with van der Waals surface area (Å²) in [6.07, 6.45) is -8.98. The summed E-state index contributed by atoms with van der Waals surface area (Å²) in [5, 5.41) is 29.2. The summed E-state index contributed by atoms with van der Waals surface area (Å²) in [5.74, 6) is -7.49. The fourth-order valence-electron chi connectivity index (χ4n) is 15.6. The molecule has 5 aromatic carbocycles. The Hall–Kier alpha value is -8.17. The second-order valence-electron chi connectivity index (χ2n) is 28.6. The fourth-order valence-corrected chi connectivity index (χ4v) is 16.4. The molecule has 1 heterocycles. The molecule has 0 spiro atoms. The van der Waals surface area contributed by atoms with Crippen LogP contribution in [0.4, 0.5) is 11.4 Å². The van der Waals surface area contributed by atoms with Crippen LogP contribution in [0.25, 0.3) is 0 Å². The van der Waals surface area contributed by atoms with Gasteiger partial charge in [0.15, 0.2) is 30.4 Å². The third-order valence-electron chi connectivity index (χ3n) is 21.3. The van der Waals surface area contributed by atoms with E-state index in [-0.39, 0.29) is 67.8 Å². The number of esters is 7. The summed E-state index contributed by atoms with van der Waals surface area (Å²) in [6.45, 7) is 8.62. The molecule has 2 saturated carbocycles. The van der Waals surface area contributed by atoms with Crippen LogP contribution < -0.4 is 15.1 Å². The number of aliphatic hydroxyl groups excluding tert-OH is 1. The van der Waals surface area contributed by atoms with Gasteiger partial charge in [-0.3, -0.25) is 38.5 Å². The van der Waals surface area contributed by atoms with Crippen molar-refractivity contribution in [3.63, 3.8) is 0 Å². The molecular weight excluding hydrogens is 1500 g/mol. The van der Waals surface area contributed by atoms with Crippen LogP contribution in [0.1, 0.15) is 124 Å². The maximum atomic E-state index is 16.7. The van der Waals surface area contributed by atoms with Gasteiger partial charge in [-0.15, -0.1) is 46.4 Å². The minimum Gasteiger partial charge on any atom is -0.464 e. The van der Waals surface area contributed by atoms with Crippen molar-refractivity contribution < 1.29 is 96.0 Å². The lowest BCUT2D eigenvalue weighted by atomic mass is 9.44. The Kier molecular flexibility index (Phi) is 31.1. The van der Waals surface area contributed by atoms with E-state index >= 15 is 4.79 Å². The number of ether oxygens (including phenoxy) is 9. The van der Waals surface area contributed by atoms with Gasteiger partial charge in [0.1, 0.15) is 37.1 Å². The van der Waals surface area contributed by atoms with E-state index in [1.807, 2.05) is 48.5 Å². The Labute approximate surface area is 661 Å². The van der Waals surface area contributed by atoms with Crippen LogP contribution in [0.2, 0.25) is 0 Å². The molecular formula is C82H98Cl4N4O20. The van der Waals surface area contributed by atoms with Gasteiger partial charge < -0.3 is 68.0 Å². The molecule has 1 amide bonds. The number of nitrogens with one attached hydrogen (secondary N) is 1. The molecule has 11 atom stereocenters. The van der Waals surface area contributed by atoms with Crippen molar-refractivity contribution in [3.8, 4) is 0 Å². The Morgan fingerprint density at radius 3 is 1.62 bits per heavy atom. The quantitative estimate of drug-likeness (QED) is 0.0108. The highest BCUT2D eigenvalue weighted by molar-refractivity contribution is 6.19. The van der Waals surface area contributed by atoms with E-state index in [4.69, 9.17) is 89.0 Å². The molecule has 5 aromatic rings. The standard InChI is InChI=1S/C82H98Cl4N4O20/c1-53-63(108-78(100)71(96)70(58-20-10-7-11-21-58)87-76(98)59-22-12-8-13-23-59)49-82(101)75(109-77(99)60-24-14-9-15-25-60)73-80(6,74(97)72(107-54(2)91)69(53)79(82,4)5)64(48-65-81(73,51-104-65)110-55(3)92)105-52-106-68(95)50-88(44-46-102-66(93)26-16-18-56-28-32-61(33-29-56)89(40-36-83)41-37-84)45-47-103-67(94)27-17-19-57-30-34-62(35-31-57)90(42-38-85)43-39-86/h7-15,20-25,28-35,63-65,70-73,75,96,101H,16-19,26-27,36-52H2,1-6H3,(H,87,98)/t63-,64-,65+,70-,71+,72+,73?,75-,80+,81-,82+/m0/s1. The van der Waals surface area contributed by atoms with Gasteiger partial charge in [0.05, 0.1) is 42.2 Å². The average Bonchev–Trinajstić information content (AvgIpc) is 0.667. The third kappa shape index (κ3) is 20.7. The number of carbonyl (C=O) groups excluding carboxylic acids is 9. The number of hydrogen-bond donors (Lipinski definition) is 3. The highest BCUT2D eigenvalue weighted by Crippen LogP contribution is 2.65. The van der Waals surface area contributed by atoms with Crippen LogP contribution in [0, 0.1) is 16.7 Å². The molecule has 0 radical (unpaired) electrons. The van der Waals surface area contributed by atoms with Gasteiger partial charge in [0.25, 0.3) is 5.91 Å². The first-order valence-electron chi connectivity index (χ1n) is 37.0. The number of hydrogen-bond acceptors (Lipinski definition) is 23. The first kappa shape index (κ1) is 85.8. The molecule has 3 N–H and O–H groups in total. The van der Waals surface area contributed by atoms with E-state index in [1.165, 1.54) is 39.8 Å². The zero-order chi connectivity index (χ0) is 79.3. The fraction of sp³-hybridized carbons (Fsp3) is 0.500. The highest BCUT2D eigenvalue weighted by Gasteiger charge is 2.79. The summed E-state index contributed by atoms with van der Waals surface area (Å²) in [7, 11) is 0. The third-order valence-corrected chi connectivity index (χ3v) is 22.0. The van der Waals surface area contributed by atoms with E-state index < -0.39 is 150 Å². The number of anilines is 2. The van der Waals surface area contributed by atoms with Gasteiger partial charge in [-0.05, 0) is 116 Å². The van der Waals surface area contributed by atoms with Crippen molar-refractivity contribution in [1.82, 2.24) is 10.2 Å². The van der Waals surface area contributed by atoms with E-state index in [1.54, 1.807) is 83.8 Å². The maximum Gasteiger partial charge on any atom is 0.338 e. The molecule has 3 fully saturated rings. The summed E-state index contributed by atoms with van der Waals surface area (Å²) >= 11 is 24.1. The topological polar surface area (TPSA) is 299 Å². The number of Topliss-reactive ketones (excluding diaryl/α,β-unsaturated/α-hetero) is 1. The lowest BCUT2D eigenvalue weighted by Crippen LogP contribution is -2.82. The first-order chi connectivity index (χ1) is 52.7. The van der Waals surface area contributed by atoms with Gasteiger partial charge in [-0.25, -0.2) is 9.59 Å². The Balaban J connectivity index is 0.974. The van der Waals surface area contributed by atoms with Crippen molar-refractivity contribution in [2.24, 2.45) is 16.7 Å². The Bertz CT molecular complexity index is 3900. The van der Waals surface area contributed by atoms with Crippen molar-refractivity contribution >= 4 is 111 Å². The monoisotopic (exact) mass is 1600 g/mol. The summed E-state index contributed by atoms with van der Waals surface area (Å²) in [6, 6.07) is 38.5. The van der Waals surface area contributed by atoms with Crippen molar-refractivity contribution in [2.75, 3.05) is 106 Å². The van der Waals surface area contributed by atoms with Crippen LogP contribution in [0.3, 0.4) is 0 Å². The number of benzene rings is 5. The molecule has 1 unspecified atom stereocenters. The van der Waals surface area contributed by atoms with Crippen LogP contribution in [0.15, 0.2) is 151 Å². The molecule has 0 aromatic heterocycles. The van der Waals surface area contributed by atoms with Crippen molar-refractivity contribution in [2.45, 2.75) is 147 Å². The number of aliphatic hydroxyl groups is 2. The lowest BCUT2D eigenvalue weighted by molar-refractivity contribution is -0.351. The van der Waals surface area contributed by atoms with Crippen LogP contribution in [-0.2, 0) is 89.0 Å². The van der Waals surface area contributed by atoms with Gasteiger partial charge in [-0.1, -0.05) is 105 Å². The van der Waals surface area contributed by atoms with E-state index in [0.717, 1.165) is 36.3 Å². The first-order valence-corrected chi connectivity index (χ1v) is 39.1. The molecule has 28 heteroatoms. The van der Waals surface area contributed by atoms with Gasteiger partial charge in [-0.2, -0.15) is 0 Å². The number of alkyl halides is 4. The van der Waals surface area contributed by atoms with E-state index in [0.29, 0.717) is 80.9 Å². The molecule has 3 aliphatic carbocycles. The summed E-state index contributed by atoms with van der Waals surface area (Å²) in [5.41, 5.74) is -4.02. The lowest BCUT2D eigenvalue weighted by Gasteiger charge is -2.67. The second-order valence-corrected chi connectivity index (χ2v) is 30.1. The molecule has 594 valence electrons. The van der Waals surface area contributed by atoms with Gasteiger partial charge in [0.2, 0.25) is 0 Å². The summed E-state index contributed by atoms with van der Waals surface area (Å²) in [4.78, 5) is 134. The Morgan fingerprint density at radius 1 is 0.627 bits per heavy atom. The maximum absolute atomic E-state index is 16.7. The van der Waals surface area contributed by atoms with Gasteiger partial charge >= 0.3 is 41.8 Å². The zero-order valence-electron chi connectivity index (χ0n) is 62.8. The SMILES string of the molecule is CC(=O)O[C@H]1C(=O)[C@@]2(C)C([C@H](OC(=O)c3ccccc3)[C@]3(O)C[C@H](OC(=O)[C@H](O)[C@@H](NC(=O)c4ccccc4)c4ccccc4)C(C)=C1C3(C)C)[C@]1(OC(C)=O)CO[C@@H]1C[C@@H]2OCOC(=O)CN(CCOC(=O)CCCc1ccc(N(CCCl)CCCl)cc1)CCOC(=O)CCCc1ccc(N(CCCl)CCCl)cc1. The molecule has 1 saturated heterocycles. The number of halogens is 4. The Morgan fingerprint density at radius 2 is 1.14 bits per heavy atom. The molecule has 9 rings (SSSR count). The van der Waals surface area contributed by atoms with Gasteiger partial charge in [0, 0.05) is 125 Å². The van der Waals surface area contributed by atoms with E-state index in [9.17, 15) is 48.6 Å².